The van der Waals surface area contributed by atoms with Gasteiger partial charge in [0.25, 0.3) is 0 Å². The number of hydrogen-bond acceptors (Lipinski definition) is 7. The third-order valence-corrected chi connectivity index (χ3v) is 9.75. The Morgan fingerprint density at radius 2 is 1.46 bits per heavy atom. The van der Waals surface area contributed by atoms with Crippen LogP contribution in [0.2, 0.25) is 5.02 Å². The van der Waals surface area contributed by atoms with Crippen molar-refractivity contribution in [3.05, 3.63) is 70.7 Å². The first-order valence-electron chi connectivity index (χ1n) is 18.0. The minimum Gasteiger partial charge on any atom is -0.481 e. The second kappa shape index (κ2) is 24.0. The Kier molecular flexibility index (Phi) is 20.6. The highest BCUT2D eigenvalue weighted by Crippen LogP contribution is 2.24. The van der Waals surface area contributed by atoms with Gasteiger partial charge >= 0.3 is 5.97 Å². The van der Waals surface area contributed by atoms with Crippen molar-refractivity contribution >= 4 is 59.2 Å². The second-order valence-electron chi connectivity index (χ2n) is 13.6. The molecule has 0 aliphatic rings. The Bertz CT molecular complexity index is 1400. The van der Waals surface area contributed by atoms with E-state index in [0.29, 0.717) is 32.1 Å². The Hall–Kier alpha value is -3.30. The van der Waals surface area contributed by atoms with Gasteiger partial charge in [0, 0.05) is 54.7 Å². The quantitative estimate of drug-likeness (QED) is 0.0415. The lowest BCUT2D eigenvalue weighted by atomic mass is 9.84. The van der Waals surface area contributed by atoms with Crippen molar-refractivity contribution < 1.29 is 29.1 Å². The molecule has 3 atom stereocenters. The van der Waals surface area contributed by atoms with E-state index in [-0.39, 0.29) is 72.7 Å². The highest BCUT2D eigenvalue weighted by Gasteiger charge is 2.28. The molecular weight excluding hydrogens is 672 g/mol. The first-order valence-corrected chi connectivity index (χ1v) is 19.0. The molecule has 1 amide bonds. The summed E-state index contributed by atoms with van der Waals surface area (Å²) < 4.78 is 0. The molecule has 0 spiro atoms. The van der Waals surface area contributed by atoms with Gasteiger partial charge in [-0.05, 0) is 80.9 Å². The molecule has 0 heterocycles. The summed E-state index contributed by atoms with van der Waals surface area (Å²) >= 11 is 10.6. The molecule has 0 aromatic heterocycles. The summed E-state index contributed by atoms with van der Waals surface area (Å²) in [6.07, 6.45) is 6.43. The van der Waals surface area contributed by atoms with E-state index >= 15 is 0 Å². The van der Waals surface area contributed by atoms with Gasteiger partial charge in [-0.1, -0.05) is 80.4 Å². The molecule has 0 saturated heterocycles. The van der Waals surface area contributed by atoms with Gasteiger partial charge in [-0.25, -0.2) is 0 Å². The SMILES string of the molecule is CC(C)C[C@H](CCCC(=O)C(CCC(=O)O)NC(=O)CCCc1ccccc1)C(=O)C(=N)CC(CS)C(=O)CCCCCc1ccccc1Cl. The molecule has 2 rings (SSSR count). The summed E-state index contributed by atoms with van der Waals surface area (Å²) in [6, 6.07) is 16.6. The van der Waals surface area contributed by atoms with E-state index in [1.165, 1.54) is 0 Å². The number of nitrogens with one attached hydrogen (secondary N) is 2. The summed E-state index contributed by atoms with van der Waals surface area (Å²) in [5, 5.41) is 21.3. The normalized spacial score (nSPS) is 13.0. The fourth-order valence-electron chi connectivity index (χ4n) is 6.14. The Labute approximate surface area is 308 Å². The predicted octanol–water partition coefficient (Wildman–Crippen LogP) is 8.31. The maximum Gasteiger partial charge on any atom is 0.303 e. The van der Waals surface area contributed by atoms with Crippen molar-refractivity contribution in [3.8, 4) is 0 Å². The number of carboxylic acid groups (broad SMARTS) is 1. The van der Waals surface area contributed by atoms with Crippen LogP contribution in [0.5, 0.6) is 0 Å². The largest absolute Gasteiger partial charge is 0.481 e. The van der Waals surface area contributed by atoms with E-state index in [2.05, 4.69) is 17.9 Å². The standard InChI is InChI=1S/C40H55ClN2O6S/c1-28(2)25-31(40(49)34(42)26-32(27-50)36(44)20-8-4-7-16-30-17-9-10-19-33(30)41)18-12-21-37(45)35(23-24-39(47)48)43-38(46)22-11-15-29-13-5-3-6-14-29/h3,5-6,9-10,13-14,17,19,28,31-32,35,42,50H,4,7-8,11-12,15-16,18,20-27H2,1-2H3,(H,43,46)(H,47,48)/t31-,32?,35?/m0/s1. The summed E-state index contributed by atoms with van der Waals surface area (Å²) in [6.45, 7) is 3.99. The van der Waals surface area contributed by atoms with Gasteiger partial charge in [-0.3, -0.25) is 24.0 Å². The van der Waals surface area contributed by atoms with Crippen LogP contribution in [0.1, 0.15) is 108 Å². The van der Waals surface area contributed by atoms with Gasteiger partial charge < -0.3 is 15.8 Å². The summed E-state index contributed by atoms with van der Waals surface area (Å²) in [5.41, 5.74) is 2.12. The summed E-state index contributed by atoms with van der Waals surface area (Å²) in [7, 11) is 0. The number of carbonyl (C=O) groups excluding carboxylic acids is 4. The van der Waals surface area contributed by atoms with Gasteiger partial charge in [0.05, 0.1) is 11.8 Å². The average molecular weight is 727 g/mol. The number of carboxylic acids is 1. The number of Topliss-reactive ketones (excluding diaryl/α,β-unsaturated/α-hetero) is 3. The molecule has 274 valence electrons. The van der Waals surface area contributed by atoms with Crippen LogP contribution in [0.4, 0.5) is 0 Å². The van der Waals surface area contributed by atoms with Crippen molar-refractivity contribution in [2.24, 2.45) is 17.8 Å². The fraction of sp³-hybridized carbons (Fsp3) is 0.550. The molecule has 0 bridgehead atoms. The van der Waals surface area contributed by atoms with E-state index < -0.39 is 23.8 Å². The third kappa shape index (κ3) is 17.1. The van der Waals surface area contributed by atoms with E-state index in [1.54, 1.807) is 0 Å². The molecule has 2 aromatic rings. The Morgan fingerprint density at radius 1 is 0.780 bits per heavy atom. The minimum atomic E-state index is -1.05. The van der Waals surface area contributed by atoms with Crippen LogP contribution in [-0.4, -0.2) is 51.8 Å². The van der Waals surface area contributed by atoms with Crippen LogP contribution < -0.4 is 5.32 Å². The Balaban J connectivity index is 1.86. The van der Waals surface area contributed by atoms with Crippen molar-refractivity contribution in [1.82, 2.24) is 5.32 Å². The van der Waals surface area contributed by atoms with Crippen molar-refractivity contribution in [2.45, 2.75) is 116 Å². The number of unbranched alkanes of at least 4 members (excludes halogenated alkanes) is 2. The van der Waals surface area contributed by atoms with Crippen LogP contribution in [0.25, 0.3) is 0 Å². The molecular formula is C40H55ClN2O6S. The molecule has 0 aliphatic heterocycles. The number of aliphatic carboxylic acids is 1. The number of thiol groups is 1. The van der Waals surface area contributed by atoms with Crippen LogP contribution >= 0.6 is 24.2 Å². The van der Waals surface area contributed by atoms with Crippen molar-refractivity contribution in [2.75, 3.05) is 5.75 Å². The number of halogens is 1. The third-order valence-electron chi connectivity index (χ3n) is 8.94. The molecule has 8 nitrogen and oxygen atoms in total. The molecule has 50 heavy (non-hydrogen) atoms. The van der Waals surface area contributed by atoms with Gasteiger partial charge in [0.2, 0.25) is 5.91 Å². The number of ketones is 3. The monoisotopic (exact) mass is 726 g/mol. The summed E-state index contributed by atoms with van der Waals surface area (Å²) in [5.74, 6) is -2.44. The lowest BCUT2D eigenvalue weighted by molar-refractivity contribution is -0.138. The minimum absolute atomic E-state index is 0.00187. The zero-order chi connectivity index (χ0) is 36.9. The molecule has 2 aromatic carbocycles. The molecule has 3 N–H and O–H groups in total. The first kappa shape index (κ1) is 42.9. The lowest BCUT2D eigenvalue weighted by Crippen LogP contribution is -2.41. The van der Waals surface area contributed by atoms with Crippen molar-refractivity contribution in [1.29, 1.82) is 5.41 Å². The second-order valence-corrected chi connectivity index (χ2v) is 14.4. The van der Waals surface area contributed by atoms with Crippen LogP contribution in [0, 0.1) is 23.2 Å². The predicted molar refractivity (Wildman–Crippen MR) is 203 cm³/mol. The number of benzene rings is 2. The average Bonchev–Trinajstić information content (AvgIpc) is 3.08. The molecule has 2 unspecified atom stereocenters. The molecule has 0 radical (unpaired) electrons. The van der Waals surface area contributed by atoms with Crippen LogP contribution in [0.3, 0.4) is 0 Å². The zero-order valence-electron chi connectivity index (χ0n) is 29.6. The molecule has 0 aliphatic carbocycles. The van der Waals surface area contributed by atoms with Crippen molar-refractivity contribution in [3.63, 3.8) is 0 Å². The van der Waals surface area contributed by atoms with E-state index in [4.69, 9.17) is 17.0 Å². The maximum absolute atomic E-state index is 13.5. The number of rotatable bonds is 27. The van der Waals surface area contributed by atoms with Gasteiger partial charge in [0.15, 0.2) is 11.6 Å². The van der Waals surface area contributed by atoms with E-state index in [0.717, 1.165) is 48.3 Å². The lowest BCUT2D eigenvalue weighted by Gasteiger charge is -2.21. The van der Waals surface area contributed by atoms with Crippen LogP contribution in [-0.2, 0) is 36.8 Å². The Morgan fingerprint density at radius 3 is 2.12 bits per heavy atom. The van der Waals surface area contributed by atoms with Gasteiger partial charge in [-0.15, -0.1) is 0 Å². The van der Waals surface area contributed by atoms with Crippen LogP contribution in [0.15, 0.2) is 54.6 Å². The number of amides is 1. The molecule has 0 saturated carbocycles. The summed E-state index contributed by atoms with van der Waals surface area (Å²) in [4.78, 5) is 63.6. The maximum atomic E-state index is 13.5. The fourth-order valence-corrected chi connectivity index (χ4v) is 6.70. The van der Waals surface area contributed by atoms with Gasteiger partial charge in [0.1, 0.15) is 5.78 Å². The number of aryl methyl sites for hydroxylation is 2. The smallest absolute Gasteiger partial charge is 0.303 e. The number of hydrogen-bond donors (Lipinski definition) is 4. The highest BCUT2D eigenvalue weighted by atomic mass is 35.5. The topological polar surface area (TPSA) is 141 Å². The first-order chi connectivity index (χ1) is 23.9. The van der Waals surface area contributed by atoms with E-state index in [9.17, 15) is 29.1 Å². The number of carbonyl (C=O) groups is 5. The highest BCUT2D eigenvalue weighted by molar-refractivity contribution is 7.80. The van der Waals surface area contributed by atoms with E-state index in [1.807, 2.05) is 68.4 Å². The zero-order valence-corrected chi connectivity index (χ0v) is 31.3. The van der Waals surface area contributed by atoms with Gasteiger partial charge in [-0.2, -0.15) is 12.6 Å². The molecule has 0 fully saturated rings. The molecule has 10 heteroatoms.